The molecule has 0 aliphatic carbocycles. The summed E-state index contributed by atoms with van der Waals surface area (Å²) in [7, 11) is 0. The van der Waals surface area contributed by atoms with Crippen molar-refractivity contribution in [3.8, 4) is 0 Å². The molecule has 1 atom stereocenters. The minimum atomic E-state index is 0.177. The Balaban J connectivity index is 1.63. The van der Waals surface area contributed by atoms with Crippen LogP contribution < -0.4 is 5.32 Å². The highest BCUT2D eigenvalue weighted by Gasteiger charge is 2.37. The van der Waals surface area contributed by atoms with Gasteiger partial charge < -0.3 is 14.8 Å². The second kappa shape index (κ2) is 6.82. The van der Waals surface area contributed by atoms with Crippen LogP contribution in [-0.4, -0.2) is 49.5 Å². The van der Waals surface area contributed by atoms with E-state index in [0.29, 0.717) is 6.04 Å². The Bertz CT molecular complexity index is 352. The Morgan fingerprint density at radius 2 is 2.20 bits per heavy atom. The maximum atomic E-state index is 6.19. The molecule has 3 aliphatic rings. The topological polar surface area (TPSA) is 30.5 Å². The zero-order chi connectivity index (χ0) is 13.8. The normalized spacial score (nSPS) is 33.1. The number of hydrogen-bond donors (Lipinski definition) is 1. The molecule has 0 amide bonds. The molecule has 1 N–H and O–H groups in total. The molecule has 0 saturated carbocycles. The van der Waals surface area contributed by atoms with Crippen LogP contribution in [0.4, 0.5) is 0 Å². The Labute approximate surface area is 126 Å². The first-order valence-electron chi connectivity index (χ1n) is 7.98. The predicted octanol–water partition coefficient (Wildman–Crippen LogP) is 2.76. The molecule has 3 heterocycles. The lowest BCUT2D eigenvalue weighted by Crippen LogP contribution is -2.42. The van der Waals surface area contributed by atoms with Crippen molar-refractivity contribution in [1.29, 1.82) is 0 Å². The predicted molar refractivity (Wildman–Crippen MR) is 84.4 cm³/mol. The fourth-order valence-corrected chi connectivity index (χ4v) is 4.85. The molecule has 0 aromatic heterocycles. The van der Waals surface area contributed by atoms with Gasteiger partial charge in [0.15, 0.2) is 0 Å². The van der Waals surface area contributed by atoms with E-state index in [2.05, 4.69) is 24.0 Å². The molecular weight excluding hydrogens is 270 g/mol. The van der Waals surface area contributed by atoms with Crippen molar-refractivity contribution in [1.82, 2.24) is 5.32 Å². The third kappa shape index (κ3) is 3.59. The van der Waals surface area contributed by atoms with Crippen molar-refractivity contribution in [2.45, 2.75) is 50.7 Å². The first-order valence-corrected chi connectivity index (χ1v) is 9.13. The van der Waals surface area contributed by atoms with E-state index < -0.39 is 0 Å². The maximum absolute atomic E-state index is 6.19. The number of nitrogens with one attached hydrogen (secondary N) is 1. The summed E-state index contributed by atoms with van der Waals surface area (Å²) in [6, 6.07) is 0.511. The number of rotatable bonds is 2. The molecule has 3 aliphatic heterocycles. The van der Waals surface area contributed by atoms with Gasteiger partial charge in [-0.1, -0.05) is 11.1 Å². The van der Waals surface area contributed by atoms with Gasteiger partial charge in [-0.05, 0) is 50.5 Å². The van der Waals surface area contributed by atoms with Gasteiger partial charge in [-0.25, -0.2) is 0 Å². The van der Waals surface area contributed by atoms with Crippen molar-refractivity contribution >= 4 is 11.8 Å². The lowest BCUT2D eigenvalue weighted by atomic mass is 9.82. The molecule has 0 aromatic rings. The van der Waals surface area contributed by atoms with E-state index in [-0.39, 0.29) is 5.60 Å². The third-order valence-corrected chi connectivity index (χ3v) is 5.89. The lowest BCUT2D eigenvalue weighted by molar-refractivity contribution is -0.0669. The molecule has 3 saturated heterocycles. The van der Waals surface area contributed by atoms with Crippen molar-refractivity contribution in [3.05, 3.63) is 11.1 Å². The number of ether oxygens (including phenoxy) is 2. The second-order valence-electron chi connectivity index (χ2n) is 6.38. The van der Waals surface area contributed by atoms with E-state index in [1.165, 1.54) is 30.8 Å². The van der Waals surface area contributed by atoms with Gasteiger partial charge in [0.25, 0.3) is 0 Å². The summed E-state index contributed by atoms with van der Waals surface area (Å²) >= 11 is 2.08. The molecule has 0 bridgehead atoms. The number of thioether (sulfide) groups is 1. The average molecular weight is 297 g/mol. The largest absolute Gasteiger partial charge is 0.379 e. The van der Waals surface area contributed by atoms with Crippen molar-refractivity contribution in [2.24, 2.45) is 0 Å². The third-order valence-electron chi connectivity index (χ3n) is 4.91. The highest BCUT2D eigenvalue weighted by atomic mass is 32.2. The van der Waals surface area contributed by atoms with Gasteiger partial charge in [0.05, 0.1) is 25.4 Å². The van der Waals surface area contributed by atoms with Gasteiger partial charge >= 0.3 is 0 Å². The molecular formula is C16H27NO2S. The minimum absolute atomic E-state index is 0.177. The van der Waals surface area contributed by atoms with Gasteiger partial charge in [-0.2, -0.15) is 11.8 Å². The van der Waals surface area contributed by atoms with E-state index >= 15 is 0 Å². The summed E-state index contributed by atoms with van der Waals surface area (Å²) in [5.41, 5.74) is 3.42. The molecule has 3 nitrogen and oxygen atoms in total. The average Bonchev–Trinajstić information content (AvgIpc) is 2.49. The zero-order valence-corrected chi connectivity index (χ0v) is 13.4. The molecule has 4 heteroatoms. The molecule has 1 spiro atoms. The van der Waals surface area contributed by atoms with Gasteiger partial charge in [0, 0.05) is 12.6 Å². The van der Waals surface area contributed by atoms with Gasteiger partial charge in [0.1, 0.15) is 0 Å². The Kier molecular flexibility index (Phi) is 5.08. The van der Waals surface area contributed by atoms with Gasteiger partial charge in [-0.3, -0.25) is 0 Å². The fraction of sp³-hybridized carbons (Fsp3) is 0.875. The molecule has 3 rings (SSSR count). The molecule has 3 fully saturated rings. The van der Waals surface area contributed by atoms with Crippen molar-refractivity contribution in [3.63, 3.8) is 0 Å². The van der Waals surface area contributed by atoms with Gasteiger partial charge in [0.2, 0.25) is 0 Å². The van der Waals surface area contributed by atoms with Crippen LogP contribution in [0.15, 0.2) is 11.1 Å². The highest BCUT2D eigenvalue weighted by Crippen LogP contribution is 2.40. The Hall–Kier alpha value is -0.0300. The monoisotopic (exact) mass is 297 g/mol. The first kappa shape index (κ1) is 14.9. The summed E-state index contributed by atoms with van der Waals surface area (Å²) in [6.45, 7) is 5.97. The molecule has 0 aromatic carbocycles. The summed E-state index contributed by atoms with van der Waals surface area (Å²) in [4.78, 5) is 0. The molecule has 114 valence electrons. The summed E-state index contributed by atoms with van der Waals surface area (Å²) in [6.07, 6.45) is 5.92. The lowest BCUT2D eigenvalue weighted by Gasteiger charge is -2.42. The van der Waals surface area contributed by atoms with Gasteiger partial charge in [-0.15, -0.1) is 0 Å². The summed E-state index contributed by atoms with van der Waals surface area (Å²) < 4.78 is 11.8. The molecule has 0 radical (unpaired) electrons. The van der Waals surface area contributed by atoms with Crippen LogP contribution in [0.2, 0.25) is 0 Å². The van der Waals surface area contributed by atoms with Crippen LogP contribution in [0.25, 0.3) is 0 Å². The highest BCUT2D eigenvalue weighted by molar-refractivity contribution is 7.99. The number of morpholine rings is 1. The van der Waals surface area contributed by atoms with Crippen LogP contribution in [0.1, 0.15) is 39.0 Å². The maximum Gasteiger partial charge on any atom is 0.0735 e. The van der Waals surface area contributed by atoms with E-state index in [9.17, 15) is 0 Å². The van der Waals surface area contributed by atoms with Crippen LogP contribution in [0.5, 0.6) is 0 Å². The quantitative estimate of drug-likeness (QED) is 0.794. The van der Waals surface area contributed by atoms with Crippen LogP contribution in [0, 0.1) is 0 Å². The first-order chi connectivity index (χ1) is 9.77. The van der Waals surface area contributed by atoms with Crippen molar-refractivity contribution in [2.75, 3.05) is 37.9 Å². The summed E-state index contributed by atoms with van der Waals surface area (Å²) in [5.74, 6) is 2.54. The Morgan fingerprint density at radius 1 is 1.35 bits per heavy atom. The summed E-state index contributed by atoms with van der Waals surface area (Å²) in [5, 5.41) is 3.57. The zero-order valence-electron chi connectivity index (χ0n) is 12.6. The van der Waals surface area contributed by atoms with Crippen LogP contribution in [-0.2, 0) is 9.47 Å². The van der Waals surface area contributed by atoms with E-state index in [0.717, 1.165) is 39.2 Å². The van der Waals surface area contributed by atoms with E-state index in [1.54, 1.807) is 11.1 Å². The minimum Gasteiger partial charge on any atom is -0.379 e. The second-order valence-corrected chi connectivity index (χ2v) is 7.61. The number of hydrogen-bond acceptors (Lipinski definition) is 4. The van der Waals surface area contributed by atoms with E-state index in [1.807, 2.05) is 0 Å². The van der Waals surface area contributed by atoms with E-state index in [4.69, 9.17) is 9.47 Å². The standard InChI is InChI=1S/C16H27NO2S/c1-13(10-15-12-18-7-5-17-15)14-2-6-19-16(11-14)3-8-20-9-4-16/h15,17H,2-12H2,1H3. The fourth-order valence-electron chi connectivity index (χ4n) is 3.61. The smallest absolute Gasteiger partial charge is 0.0735 e. The van der Waals surface area contributed by atoms with Crippen molar-refractivity contribution < 1.29 is 9.47 Å². The molecule has 1 unspecified atom stereocenters. The Morgan fingerprint density at radius 3 is 2.95 bits per heavy atom. The van der Waals surface area contributed by atoms with Crippen LogP contribution >= 0.6 is 11.8 Å². The SMILES string of the molecule is CC(CC1COCCN1)=C1CCOC2(CCSCC2)C1. The molecule has 20 heavy (non-hydrogen) atoms. The van der Waals surface area contributed by atoms with Crippen LogP contribution in [0.3, 0.4) is 0 Å².